The molecule has 0 aromatic heterocycles. The molecule has 2 rings (SSSR count). The molecule has 0 saturated heterocycles. The van der Waals surface area contributed by atoms with Crippen LogP contribution >= 0.6 is 0 Å². The molecule has 0 radical (unpaired) electrons. The van der Waals surface area contributed by atoms with Crippen LogP contribution in [-0.4, -0.2) is 0 Å². The first-order valence-corrected chi connectivity index (χ1v) is 6.89. The van der Waals surface area contributed by atoms with Crippen molar-refractivity contribution in [2.75, 3.05) is 0 Å². The van der Waals surface area contributed by atoms with E-state index in [0.29, 0.717) is 0 Å². The highest BCUT2D eigenvalue weighted by molar-refractivity contribution is 5.66. The first-order chi connectivity index (χ1) is 9.15. The van der Waals surface area contributed by atoms with Crippen molar-refractivity contribution >= 4 is 5.57 Å². The maximum atomic E-state index is 2.27. The van der Waals surface area contributed by atoms with Gasteiger partial charge in [0.15, 0.2) is 0 Å². The summed E-state index contributed by atoms with van der Waals surface area (Å²) in [6.07, 6.45) is 3.38. The molecule has 0 heterocycles. The van der Waals surface area contributed by atoms with Gasteiger partial charge in [-0.25, -0.2) is 0 Å². The van der Waals surface area contributed by atoms with Crippen LogP contribution in [0.2, 0.25) is 0 Å². The van der Waals surface area contributed by atoms with Crippen molar-refractivity contribution in [2.24, 2.45) is 0 Å². The zero-order chi connectivity index (χ0) is 14.1. The molecular formula is C20H28. The van der Waals surface area contributed by atoms with E-state index in [1.165, 1.54) is 22.3 Å². The third-order valence-electron chi connectivity index (χ3n) is 3.02. The molecule has 2 aromatic rings. The summed E-state index contributed by atoms with van der Waals surface area (Å²) in [6, 6.07) is 18.8. The lowest BCUT2D eigenvalue weighted by Crippen LogP contribution is -1.83. The van der Waals surface area contributed by atoms with Crippen LogP contribution in [0.3, 0.4) is 0 Å². The van der Waals surface area contributed by atoms with Crippen LogP contribution in [0, 0.1) is 13.8 Å². The molecule has 0 spiro atoms. The molecule has 108 valence electrons. The maximum absolute atomic E-state index is 2.27. The van der Waals surface area contributed by atoms with Gasteiger partial charge in [-0.2, -0.15) is 0 Å². The van der Waals surface area contributed by atoms with E-state index in [0.717, 1.165) is 6.42 Å². The Morgan fingerprint density at radius 1 is 0.900 bits per heavy atom. The summed E-state index contributed by atoms with van der Waals surface area (Å²) in [5.41, 5.74) is 5.44. The molecule has 0 aliphatic rings. The van der Waals surface area contributed by atoms with Gasteiger partial charge in [0.2, 0.25) is 0 Å². The van der Waals surface area contributed by atoms with E-state index in [9.17, 15) is 0 Å². The monoisotopic (exact) mass is 268 g/mol. The van der Waals surface area contributed by atoms with E-state index in [2.05, 4.69) is 70.2 Å². The summed E-state index contributed by atoms with van der Waals surface area (Å²) in [7, 11) is 0. The van der Waals surface area contributed by atoms with Crippen molar-refractivity contribution in [2.45, 2.75) is 41.5 Å². The zero-order valence-electron chi connectivity index (χ0n) is 12.5. The highest BCUT2D eigenvalue weighted by atomic mass is 14.0. The van der Waals surface area contributed by atoms with Crippen molar-refractivity contribution in [3.05, 3.63) is 77.4 Å². The molecule has 0 saturated carbocycles. The molecule has 0 aliphatic heterocycles. The molecule has 0 N–H and O–H groups in total. The summed E-state index contributed by atoms with van der Waals surface area (Å²) < 4.78 is 0. The standard InChI is InChI=1S/C12H16.C7H8.CH4/c1-4-7-10(2)12-9-6-5-8-11(12)3;1-7-5-3-2-4-6-7;/h5-9H,4H2,1-3H3;2-6H,1H3;1H4/b10-7-;;. The fourth-order valence-electron chi connectivity index (χ4n) is 1.97. The van der Waals surface area contributed by atoms with Gasteiger partial charge in [-0.15, -0.1) is 0 Å². The molecule has 0 heteroatoms. The van der Waals surface area contributed by atoms with E-state index in [1.807, 2.05) is 18.2 Å². The maximum Gasteiger partial charge on any atom is -0.0201 e. The second kappa shape index (κ2) is 10.0. The van der Waals surface area contributed by atoms with Crippen LogP contribution < -0.4 is 0 Å². The predicted molar refractivity (Wildman–Crippen MR) is 93.0 cm³/mol. The van der Waals surface area contributed by atoms with Crippen molar-refractivity contribution in [1.29, 1.82) is 0 Å². The van der Waals surface area contributed by atoms with Gasteiger partial charge in [-0.1, -0.05) is 80.6 Å². The van der Waals surface area contributed by atoms with Crippen molar-refractivity contribution in [3.8, 4) is 0 Å². The van der Waals surface area contributed by atoms with Gasteiger partial charge in [-0.05, 0) is 43.9 Å². The second-order valence-electron chi connectivity index (χ2n) is 4.77. The summed E-state index contributed by atoms with van der Waals surface area (Å²) in [4.78, 5) is 0. The topological polar surface area (TPSA) is 0 Å². The highest BCUT2D eigenvalue weighted by Crippen LogP contribution is 2.17. The van der Waals surface area contributed by atoms with Crippen LogP contribution in [-0.2, 0) is 0 Å². The van der Waals surface area contributed by atoms with Crippen molar-refractivity contribution in [1.82, 2.24) is 0 Å². The average Bonchev–Trinajstić information content (AvgIpc) is 2.41. The lowest BCUT2D eigenvalue weighted by molar-refractivity contribution is 1.22. The zero-order valence-corrected chi connectivity index (χ0v) is 12.5. The Hall–Kier alpha value is -1.82. The fraction of sp³-hybridized carbons (Fsp3) is 0.300. The smallest absolute Gasteiger partial charge is 0.0201 e. The predicted octanol–water partition coefficient (Wildman–Crippen LogP) is 6.44. The number of hydrogen-bond acceptors (Lipinski definition) is 0. The lowest BCUT2D eigenvalue weighted by atomic mass is 10.0. The van der Waals surface area contributed by atoms with Crippen molar-refractivity contribution in [3.63, 3.8) is 0 Å². The molecule has 0 aliphatic carbocycles. The molecule has 0 atom stereocenters. The number of hydrogen-bond donors (Lipinski definition) is 0. The van der Waals surface area contributed by atoms with Gasteiger partial charge < -0.3 is 0 Å². The van der Waals surface area contributed by atoms with Gasteiger partial charge in [-0.3, -0.25) is 0 Å². The number of aryl methyl sites for hydroxylation is 2. The van der Waals surface area contributed by atoms with Gasteiger partial charge >= 0.3 is 0 Å². The van der Waals surface area contributed by atoms with Crippen LogP contribution in [0.5, 0.6) is 0 Å². The highest BCUT2D eigenvalue weighted by Gasteiger charge is 1.96. The minimum Gasteiger partial charge on any atom is -0.0813 e. The van der Waals surface area contributed by atoms with Gasteiger partial charge in [0.25, 0.3) is 0 Å². The van der Waals surface area contributed by atoms with Gasteiger partial charge in [0, 0.05) is 0 Å². The largest absolute Gasteiger partial charge is 0.0813 e. The Labute approximate surface area is 125 Å². The fourth-order valence-corrected chi connectivity index (χ4v) is 1.97. The van der Waals surface area contributed by atoms with Crippen molar-refractivity contribution < 1.29 is 0 Å². The van der Waals surface area contributed by atoms with Crippen LogP contribution in [0.25, 0.3) is 5.57 Å². The van der Waals surface area contributed by atoms with E-state index < -0.39 is 0 Å². The normalized spacial score (nSPS) is 10.1. The number of allylic oxidation sites excluding steroid dienone is 2. The molecule has 0 bridgehead atoms. The molecule has 0 unspecified atom stereocenters. The molecule has 2 aromatic carbocycles. The van der Waals surface area contributed by atoms with Gasteiger partial charge in [0.05, 0.1) is 0 Å². The van der Waals surface area contributed by atoms with Crippen LogP contribution in [0.1, 0.15) is 44.4 Å². The molecular weight excluding hydrogens is 240 g/mol. The third-order valence-corrected chi connectivity index (χ3v) is 3.02. The minimum atomic E-state index is 0. The first kappa shape index (κ1) is 18.2. The second-order valence-corrected chi connectivity index (χ2v) is 4.77. The molecule has 20 heavy (non-hydrogen) atoms. The Balaban J connectivity index is 0.000000387. The quantitative estimate of drug-likeness (QED) is 0.588. The molecule has 0 nitrogen and oxygen atoms in total. The van der Waals surface area contributed by atoms with E-state index in [4.69, 9.17) is 0 Å². The number of rotatable bonds is 2. The molecule has 0 fully saturated rings. The van der Waals surface area contributed by atoms with E-state index >= 15 is 0 Å². The summed E-state index contributed by atoms with van der Waals surface area (Å²) in [6.45, 7) is 8.58. The van der Waals surface area contributed by atoms with Crippen LogP contribution in [0.4, 0.5) is 0 Å². The summed E-state index contributed by atoms with van der Waals surface area (Å²) >= 11 is 0. The van der Waals surface area contributed by atoms with E-state index in [1.54, 1.807) is 0 Å². The number of benzene rings is 2. The Bertz CT molecular complexity index is 507. The summed E-state index contributed by atoms with van der Waals surface area (Å²) in [5, 5.41) is 0. The Morgan fingerprint density at radius 2 is 1.45 bits per heavy atom. The molecule has 0 amide bonds. The van der Waals surface area contributed by atoms with Gasteiger partial charge in [0.1, 0.15) is 0 Å². The third kappa shape index (κ3) is 6.38. The summed E-state index contributed by atoms with van der Waals surface area (Å²) in [5.74, 6) is 0. The SMILES string of the molecule is C.CC/C=C(/C)c1ccccc1C.Cc1ccccc1. The first-order valence-electron chi connectivity index (χ1n) is 6.89. The lowest BCUT2D eigenvalue weighted by Gasteiger charge is -2.04. The Morgan fingerprint density at radius 3 is 1.90 bits per heavy atom. The Kier molecular flexibility index (Phi) is 9.11. The van der Waals surface area contributed by atoms with E-state index in [-0.39, 0.29) is 7.43 Å². The minimum absolute atomic E-state index is 0. The van der Waals surface area contributed by atoms with Crippen LogP contribution in [0.15, 0.2) is 60.7 Å². The average molecular weight is 268 g/mol.